The number of fused-ring (bicyclic) bond motifs is 9. The third-order valence-corrected chi connectivity index (χ3v) is 9.52. The molecule has 0 aliphatic carbocycles. The first-order chi connectivity index (χ1) is 22.8. The predicted octanol–water partition coefficient (Wildman–Crippen LogP) is 10.8. The van der Waals surface area contributed by atoms with Crippen LogP contribution in [0.15, 0.2) is 163 Å². The van der Waals surface area contributed by atoms with Crippen molar-refractivity contribution in [3.63, 3.8) is 0 Å². The third kappa shape index (κ3) is 3.58. The van der Waals surface area contributed by atoms with E-state index in [2.05, 4.69) is 172 Å². The molecule has 46 heavy (non-hydrogen) atoms. The van der Waals surface area contributed by atoms with Gasteiger partial charge in [-0.1, -0.05) is 109 Å². The van der Waals surface area contributed by atoms with Crippen molar-refractivity contribution in [3.8, 4) is 5.69 Å². The maximum Gasteiger partial charge on any atom is 0.141 e. The molecule has 1 N–H and O–H groups in total. The summed E-state index contributed by atoms with van der Waals surface area (Å²) in [5.74, 6) is 0.965. The molecule has 4 nitrogen and oxygen atoms in total. The number of nitrogens with zero attached hydrogens (tertiary/aromatic N) is 3. The van der Waals surface area contributed by atoms with Gasteiger partial charge in [0.2, 0.25) is 0 Å². The molecule has 0 bridgehead atoms. The van der Waals surface area contributed by atoms with Crippen molar-refractivity contribution in [3.05, 3.63) is 163 Å². The van der Waals surface area contributed by atoms with E-state index in [9.17, 15) is 0 Å². The fourth-order valence-corrected chi connectivity index (χ4v) is 7.51. The Morgan fingerprint density at radius 2 is 1.15 bits per heavy atom. The van der Waals surface area contributed by atoms with Gasteiger partial charge in [0, 0.05) is 27.2 Å². The second-order valence-electron chi connectivity index (χ2n) is 12.1. The molecule has 0 amide bonds. The van der Waals surface area contributed by atoms with E-state index >= 15 is 0 Å². The Balaban J connectivity index is 1.37. The van der Waals surface area contributed by atoms with Crippen molar-refractivity contribution >= 4 is 71.6 Å². The second-order valence-corrected chi connectivity index (χ2v) is 12.1. The maximum absolute atomic E-state index is 5.40. The van der Waals surface area contributed by atoms with Crippen molar-refractivity contribution < 1.29 is 0 Å². The summed E-state index contributed by atoms with van der Waals surface area (Å²) in [5.41, 5.74) is 9.01. The Bertz CT molecular complexity index is 2660. The molecule has 1 atom stereocenters. The van der Waals surface area contributed by atoms with Gasteiger partial charge in [0.05, 0.1) is 33.4 Å². The second kappa shape index (κ2) is 9.68. The van der Waals surface area contributed by atoms with Crippen LogP contribution in [-0.4, -0.2) is 15.0 Å². The van der Waals surface area contributed by atoms with E-state index in [1.165, 1.54) is 48.9 Å². The topological polar surface area (TPSA) is 34.2 Å². The first-order valence-electron chi connectivity index (χ1n) is 15.8. The van der Waals surface area contributed by atoms with Crippen LogP contribution in [0.5, 0.6) is 0 Å². The monoisotopic (exact) mass is 588 g/mol. The Labute approximate surface area is 265 Å². The van der Waals surface area contributed by atoms with E-state index in [1.54, 1.807) is 0 Å². The lowest BCUT2D eigenvalue weighted by molar-refractivity contribution is 0.962. The molecular weight excluding hydrogens is 560 g/mol. The average Bonchev–Trinajstić information content (AvgIpc) is 3.63. The zero-order chi connectivity index (χ0) is 30.2. The number of nitrogens with one attached hydrogen (secondary N) is 1. The van der Waals surface area contributed by atoms with Crippen molar-refractivity contribution in [2.24, 2.45) is 4.99 Å². The van der Waals surface area contributed by atoms with Gasteiger partial charge in [0.25, 0.3) is 0 Å². The smallest absolute Gasteiger partial charge is 0.141 e. The molecule has 2 aromatic heterocycles. The first kappa shape index (κ1) is 25.2. The molecule has 0 fully saturated rings. The van der Waals surface area contributed by atoms with Crippen LogP contribution < -0.4 is 5.32 Å². The number of aliphatic imine (C=N–C) groups is 1. The van der Waals surface area contributed by atoms with Gasteiger partial charge in [-0.05, 0) is 64.9 Å². The predicted molar refractivity (Wildman–Crippen MR) is 193 cm³/mol. The molecule has 0 saturated heterocycles. The molecule has 1 aliphatic rings. The Morgan fingerprint density at radius 1 is 0.478 bits per heavy atom. The van der Waals surface area contributed by atoms with E-state index < -0.39 is 0 Å². The fourth-order valence-electron chi connectivity index (χ4n) is 7.51. The van der Waals surface area contributed by atoms with E-state index in [4.69, 9.17) is 4.99 Å². The van der Waals surface area contributed by atoms with Gasteiger partial charge in [-0.25, -0.2) is 4.99 Å². The molecule has 0 spiro atoms. The molecule has 1 unspecified atom stereocenters. The van der Waals surface area contributed by atoms with Crippen LogP contribution in [0.1, 0.15) is 11.6 Å². The number of rotatable bonds is 2. The standard InChI is InChI=1S/C42H28N4/c1-3-14-28(15-4-1)41-42(44-35-21-11-10-20-34(35)43-41)46-36-22-12-9-19-31(36)32-25-39-33(26-38(32)46)40-30-18-8-7-13-27(30)23-24-37(40)45(39)29-16-5-2-6-17-29/h1-26,41,43H. The average molecular weight is 589 g/mol. The van der Waals surface area contributed by atoms with Gasteiger partial charge in [0.15, 0.2) is 0 Å². The summed E-state index contributed by atoms with van der Waals surface area (Å²) in [6.07, 6.45) is 0. The van der Waals surface area contributed by atoms with Crippen LogP contribution >= 0.6 is 0 Å². The van der Waals surface area contributed by atoms with Crippen molar-refractivity contribution in [1.29, 1.82) is 0 Å². The largest absolute Gasteiger partial charge is 0.370 e. The summed E-state index contributed by atoms with van der Waals surface area (Å²) >= 11 is 0. The summed E-state index contributed by atoms with van der Waals surface area (Å²) in [6.45, 7) is 0. The normalized spacial score (nSPS) is 14.6. The van der Waals surface area contributed by atoms with Crippen LogP contribution in [0, 0.1) is 0 Å². The molecule has 0 radical (unpaired) electrons. The number of para-hydroxylation sites is 4. The molecule has 0 saturated carbocycles. The van der Waals surface area contributed by atoms with Gasteiger partial charge in [-0.15, -0.1) is 0 Å². The highest BCUT2D eigenvalue weighted by Gasteiger charge is 2.29. The first-order valence-corrected chi connectivity index (χ1v) is 15.8. The van der Waals surface area contributed by atoms with Gasteiger partial charge in [-0.2, -0.15) is 0 Å². The van der Waals surface area contributed by atoms with Crippen LogP contribution in [0.2, 0.25) is 0 Å². The lowest BCUT2D eigenvalue weighted by Crippen LogP contribution is -2.29. The molecular formula is C42H28N4. The summed E-state index contributed by atoms with van der Waals surface area (Å²) < 4.78 is 4.81. The van der Waals surface area contributed by atoms with E-state index in [0.29, 0.717) is 0 Å². The van der Waals surface area contributed by atoms with E-state index in [1.807, 2.05) is 0 Å². The number of hydrogen-bond donors (Lipinski definition) is 1. The molecule has 3 heterocycles. The lowest BCUT2D eigenvalue weighted by atomic mass is 10.0. The van der Waals surface area contributed by atoms with Crippen molar-refractivity contribution in [2.75, 3.05) is 5.32 Å². The molecule has 216 valence electrons. The van der Waals surface area contributed by atoms with Crippen LogP contribution in [-0.2, 0) is 0 Å². The number of anilines is 1. The molecule has 4 heteroatoms. The zero-order valence-corrected chi connectivity index (χ0v) is 24.9. The van der Waals surface area contributed by atoms with Crippen LogP contribution in [0.25, 0.3) is 60.1 Å². The lowest BCUT2D eigenvalue weighted by Gasteiger charge is -2.29. The van der Waals surface area contributed by atoms with Crippen molar-refractivity contribution in [2.45, 2.75) is 6.04 Å². The van der Waals surface area contributed by atoms with Gasteiger partial charge < -0.3 is 9.88 Å². The minimum atomic E-state index is -0.128. The Kier molecular flexibility index (Phi) is 5.31. The van der Waals surface area contributed by atoms with Gasteiger partial charge in [-0.3, -0.25) is 4.57 Å². The Hall–Kier alpha value is -6.13. The zero-order valence-electron chi connectivity index (χ0n) is 24.9. The van der Waals surface area contributed by atoms with E-state index in [0.717, 1.165) is 33.9 Å². The van der Waals surface area contributed by atoms with Crippen LogP contribution in [0.3, 0.4) is 0 Å². The highest BCUT2D eigenvalue weighted by molar-refractivity contribution is 6.26. The highest BCUT2D eigenvalue weighted by atomic mass is 15.2. The molecule has 9 aromatic rings. The molecule has 7 aromatic carbocycles. The number of benzene rings is 7. The highest BCUT2D eigenvalue weighted by Crippen LogP contribution is 2.43. The fraction of sp³-hybridized carbons (Fsp3) is 0.0238. The number of hydrogen-bond acceptors (Lipinski definition) is 2. The summed E-state index contributed by atoms with van der Waals surface area (Å²) in [6, 6.07) is 56.4. The van der Waals surface area contributed by atoms with Gasteiger partial charge in [0.1, 0.15) is 11.9 Å². The maximum atomic E-state index is 5.40. The molecule has 1 aliphatic heterocycles. The van der Waals surface area contributed by atoms with Gasteiger partial charge >= 0.3 is 0 Å². The minimum Gasteiger partial charge on any atom is -0.370 e. The van der Waals surface area contributed by atoms with Crippen molar-refractivity contribution in [1.82, 2.24) is 9.13 Å². The van der Waals surface area contributed by atoms with Crippen LogP contribution in [0.4, 0.5) is 11.4 Å². The molecule has 10 rings (SSSR count). The summed E-state index contributed by atoms with van der Waals surface area (Å²) in [7, 11) is 0. The Morgan fingerprint density at radius 3 is 2.02 bits per heavy atom. The SMILES string of the molecule is c1ccc(C2Nc3ccccc3N=C2n2c3ccccc3c3cc4c(cc32)c2c3ccccc3ccc2n4-c2ccccc2)cc1. The number of aromatic nitrogens is 2. The minimum absolute atomic E-state index is 0.128. The quantitative estimate of drug-likeness (QED) is 0.214. The summed E-state index contributed by atoms with van der Waals surface area (Å²) in [5, 5.41) is 11.3. The summed E-state index contributed by atoms with van der Waals surface area (Å²) in [4.78, 5) is 5.40. The van der Waals surface area contributed by atoms with E-state index in [-0.39, 0.29) is 6.04 Å². The third-order valence-electron chi connectivity index (χ3n) is 9.52.